The zero-order valence-corrected chi connectivity index (χ0v) is 10.9. The molecule has 0 saturated carbocycles. The van der Waals surface area contributed by atoms with Gasteiger partial charge >= 0.3 is 6.03 Å². The van der Waals surface area contributed by atoms with Gasteiger partial charge in [-0.3, -0.25) is 10.00 Å². The SMILES string of the molecule is CN(C)CCn1ccc(NC(=O)NCCCO)n1. The Bertz CT molecular complexity index is 364. The Morgan fingerprint density at radius 2 is 2.33 bits per heavy atom. The number of hydrogen-bond acceptors (Lipinski definition) is 4. The first-order valence-corrected chi connectivity index (χ1v) is 5.95. The van der Waals surface area contributed by atoms with Gasteiger partial charge in [-0.2, -0.15) is 5.10 Å². The summed E-state index contributed by atoms with van der Waals surface area (Å²) >= 11 is 0. The summed E-state index contributed by atoms with van der Waals surface area (Å²) in [4.78, 5) is 13.5. The van der Waals surface area contributed by atoms with Crippen LogP contribution >= 0.6 is 0 Å². The Labute approximate surface area is 107 Å². The number of nitrogens with one attached hydrogen (secondary N) is 2. The molecule has 102 valence electrons. The van der Waals surface area contributed by atoms with Gasteiger partial charge in [0, 0.05) is 32.0 Å². The van der Waals surface area contributed by atoms with Crippen molar-refractivity contribution < 1.29 is 9.90 Å². The molecule has 0 aromatic carbocycles. The third-order valence-corrected chi connectivity index (χ3v) is 2.28. The predicted molar refractivity (Wildman–Crippen MR) is 69.5 cm³/mol. The van der Waals surface area contributed by atoms with Crippen LogP contribution in [0.5, 0.6) is 0 Å². The molecule has 1 aromatic rings. The standard InChI is InChI=1S/C11H21N5O2/c1-15(2)7-8-16-6-4-10(14-16)13-11(18)12-5-3-9-17/h4,6,17H,3,5,7-9H2,1-2H3,(H2,12,13,14,18). The number of aliphatic hydroxyl groups is 1. The van der Waals surface area contributed by atoms with Crippen molar-refractivity contribution in [1.82, 2.24) is 20.0 Å². The van der Waals surface area contributed by atoms with E-state index in [-0.39, 0.29) is 12.6 Å². The van der Waals surface area contributed by atoms with Gasteiger partial charge in [0.1, 0.15) is 0 Å². The van der Waals surface area contributed by atoms with Crippen molar-refractivity contribution in [2.24, 2.45) is 0 Å². The van der Waals surface area contributed by atoms with Gasteiger partial charge in [-0.1, -0.05) is 0 Å². The molecule has 0 atom stereocenters. The maximum absolute atomic E-state index is 11.4. The van der Waals surface area contributed by atoms with Gasteiger partial charge in [0.05, 0.1) is 6.54 Å². The van der Waals surface area contributed by atoms with Crippen molar-refractivity contribution in [3.05, 3.63) is 12.3 Å². The number of carbonyl (C=O) groups excluding carboxylic acids is 1. The molecular weight excluding hydrogens is 234 g/mol. The van der Waals surface area contributed by atoms with Crippen LogP contribution in [0, 0.1) is 0 Å². The van der Waals surface area contributed by atoms with E-state index in [0.717, 1.165) is 13.1 Å². The molecule has 3 N–H and O–H groups in total. The highest BCUT2D eigenvalue weighted by Gasteiger charge is 2.04. The summed E-state index contributed by atoms with van der Waals surface area (Å²) in [6.07, 6.45) is 2.37. The Morgan fingerprint density at radius 1 is 1.56 bits per heavy atom. The second-order valence-corrected chi connectivity index (χ2v) is 4.23. The molecule has 0 spiro atoms. The van der Waals surface area contributed by atoms with Crippen molar-refractivity contribution in [2.45, 2.75) is 13.0 Å². The van der Waals surface area contributed by atoms with Crippen molar-refractivity contribution in [2.75, 3.05) is 39.1 Å². The van der Waals surface area contributed by atoms with E-state index in [1.54, 1.807) is 10.7 Å². The minimum absolute atomic E-state index is 0.0689. The van der Waals surface area contributed by atoms with Crippen LogP contribution in [0.1, 0.15) is 6.42 Å². The van der Waals surface area contributed by atoms with Crippen LogP contribution in [-0.4, -0.2) is 59.6 Å². The number of likely N-dealkylation sites (N-methyl/N-ethyl adjacent to an activating group) is 1. The summed E-state index contributed by atoms with van der Waals surface area (Å²) in [5.74, 6) is 0.523. The number of anilines is 1. The summed E-state index contributed by atoms with van der Waals surface area (Å²) in [5, 5.41) is 18.1. The fourth-order valence-electron chi connectivity index (χ4n) is 1.30. The molecule has 0 bridgehead atoms. The highest BCUT2D eigenvalue weighted by atomic mass is 16.3. The van der Waals surface area contributed by atoms with E-state index in [9.17, 15) is 4.79 Å². The first kappa shape index (κ1) is 14.5. The molecule has 0 unspecified atom stereocenters. The van der Waals surface area contributed by atoms with E-state index in [2.05, 4.69) is 20.6 Å². The number of amides is 2. The topological polar surface area (TPSA) is 82.4 Å². The zero-order chi connectivity index (χ0) is 13.4. The van der Waals surface area contributed by atoms with E-state index < -0.39 is 0 Å². The average Bonchev–Trinajstić information content (AvgIpc) is 2.74. The van der Waals surface area contributed by atoms with Crippen molar-refractivity contribution in [3.8, 4) is 0 Å². The number of carbonyl (C=O) groups is 1. The summed E-state index contributed by atoms with van der Waals surface area (Å²) < 4.78 is 1.78. The van der Waals surface area contributed by atoms with Gasteiger partial charge in [-0.15, -0.1) is 0 Å². The van der Waals surface area contributed by atoms with E-state index in [1.807, 2.05) is 20.3 Å². The molecule has 2 amide bonds. The summed E-state index contributed by atoms with van der Waals surface area (Å²) in [6, 6.07) is 1.45. The number of rotatable bonds is 7. The highest BCUT2D eigenvalue weighted by Crippen LogP contribution is 2.01. The molecule has 1 rings (SSSR count). The van der Waals surface area contributed by atoms with Crippen LogP contribution in [0.2, 0.25) is 0 Å². The van der Waals surface area contributed by atoms with Crippen LogP contribution in [0.25, 0.3) is 0 Å². The van der Waals surface area contributed by atoms with E-state index in [1.165, 1.54) is 0 Å². The Morgan fingerprint density at radius 3 is 3.00 bits per heavy atom. The lowest BCUT2D eigenvalue weighted by atomic mass is 10.4. The first-order chi connectivity index (χ1) is 8.61. The van der Waals surface area contributed by atoms with Gasteiger partial charge in [0.25, 0.3) is 0 Å². The second-order valence-electron chi connectivity index (χ2n) is 4.23. The van der Waals surface area contributed by atoms with E-state index >= 15 is 0 Å². The smallest absolute Gasteiger partial charge is 0.320 e. The maximum Gasteiger partial charge on any atom is 0.320 e. The van der Waals surface area contributed by atoms with Gasteiger partial charge in [-0.05, 0) is 20.5 Å². The van der Waals surface area contributed by atoms with E-state index in [0.29, 0.717) is 18.8 Å². The third kappa shape index (κ3) is 5.65. The third-order valence-electron chi connectivity index (χ3n) is 2.28. The number of aromatic nitrogens is 2. The van der Waals surface area contributed by atoms with Gasteiger partial charge in [0.2, 0.25) is 0 Å². The molecule has 7 nitrogen and oxygen atoms in total. The lowest BCUT2D eigenvalue weighted by Gasteiger charge is -2.08. The molecule has 7 heteroatoms. The van der Waals surface area contributed by atoms with Gasteiger partial charge in [-0.25, -0.2) is 4.79 Å². The van der Waals surface area contributed by atoms with Crippen LogP contribution in [-0.2, 0) is 6.54 Å². The fraction of sp³-hybridized carbons (Fsp3) is 0.636. The summed E-state index contributed by atoms with van der Waals surface area (Å²) in [5.41, 5.74) is 0. The van der Waals surface area contributed by atoms with Crippen LogP contribution in [0.4, 0.5) is 10.6 Å². The molecular formula is C11H21N5O2. The lowest BCUT2D eigenvalue weighted by Crippen LogP contribution is -2.30. The van der Waals surface area contributed by atoms with Crippen molar-refractivity contribution in [3.63, 3.8) is 0 Å². The number of hydrogen-bond donors (Lipinski definition) is 3. The average molecular weight is 255 g/mol. The van der Waals surface area contributed by atoms with Crippen LogP contribution in [0.15, 0.2) is 12.3 Å². The summed E-state index contributed by atoms with van der Waals surface area (Å²) in [7, 11) is 3.99. The minimum Gasteiger partial charge on any atom is -0.396 e. The van der Waals surface area contributed by atoms with Crippen molar-refractivity contribution in [1.29, 1.82) is 0 Å². The fourth-order valence-corrected chi connectivity index (χ4v) is 1.30. The van der Waals surface area contributed by atoms with Crippen LogP contribution in [0.3, 0.4) is 0 Å². The lowest BCUT2D eigenvalue weighted by molar-refractivity contribution is 0.248. The zero-order valence-electron chi connectivity index (χ0n) is 10.9. The Hall–Kier alpha value is -1.60. The second kappa shape index (κ2) is 7.67. The normalized spacial score (nSPS) is 10.7. The molecule has 18 heavy (non-hydrogen) atoms. The first-order valence-electron chi connectivity index (χ1n) is 5.95. The Balaban J connectivity index is 2.32. The van der Waals surface area contributed by atoms with Crippen LogP contribution < -0.4 is 10.6 Å². The molecule has 0 radical (unpaired) electrons. The monoisotopic (exact) mass is 255 g/mol. The molecule has 0 fully saturated rings. The summed E-state index contributed by atoms with van der Waals surface area (Å²) in [6.45, 7) is 2.19. The molecule has 1 aromatic heterocycles. The molecule has 0 aliphatic rings. The quantitative estimate of drug-likeness (QED) is 0.597. The number of nitrogens with zero attached hydrogens (tertiary/aromatic N) is 3. The minimum atomic E-state index is -0.304. The number of urea groups is 1. The molecule has 0 saturated heterocycles. The highest BCUT2D eigenvalue weighted by molar-refractivity contribution is 5.88. The van der Waals surface area contributed by atoms with Gasteiger partial charge in [0.15, 0.2) is 5.82 Å². The maximum atomic E-state index is 11.4. The van der Waals surface area contributed by atoms with Gasteiger partial charge < -0.3 is 15.3 Å². The largest absolute Gasteiger partial charge is 0.396 e. The number of aliphatic hydroxyl groups excluding tert-OH is 1. The predicted octanol–water partition coefficient (Wildman–Crippen LogP) is -0.0514. The molecule has 0 aliphatic carbocycles. The molecule has 0 aliphatic heterocycles. The van der Waals surface area contributed by atoms with Crippen molar-refractivity contribution >= 4 is 11.8 Å². The molecule has 1 heterocycles. The Kier molecular flexibility index (Phi) is 6.16. The van der Waals surface area contributed by atoms with E-state index in [4.69, 9.17) is 5.11 Å².